The van der Waals surface area contributed by atoms with Crippen LogP contribution in [-0.2, 0) is 20.8 Å². The fraction of sp³-hybridized carbons (Fsp3) is 0.462. The molecular formula is C13H18N2O4. The number of hydrogen-bond donors (Lipinski definition) is 0. The molecule has 6 heteroatoms. The third kappa shape index (κ3) is 4.67. The van der Waals surface area contributed by atoms with Crippen LogP contribution in [0.25, 0.3) is 0 Å². The molecule has 104 valence electrons. The maximum atomic E-state index is 11.3. The second-order valence-corrected chi connectivity index (χ2v) is 3.91. The van der Waals surface area contributed by atoms with Crippen LogP contribution in [0.4, 0.5) is 0 Å². The highest BCUT2D eigenvalue weighted by Crippen LogP contribution is 2.05. The van der Waals surface area contributed by atoms with Gasteiger partial charge in [0, 0.05) is 12.7 Å². The monoisotopic (exact) mass is 266 g/mol. The Morgan fingerprint density at radius 3 is 2.47 bits per heavy atom. The Kier molecular flexibility index (Phi) is 5.95. The lowest BCUT2D eigenvalue weighted by atomic mass is 10.2. The van der Waals surface area contributed by atoms with Crippen LogP contribution in [0.1, 0.15) is 23.0 Å². The minimum absolute atomic E-state index is 0.216. The Hall–Kier alpha value is -1.95. The summed E-state index contributed by atoms with van der Waals surface area (Å²) < 4.78 is 9.22. The quantitative estimate of drug-likeness (QED) is 0.711. The predicted molar refractivity (Wildman–Crippen MR) is 68.5 cm³/mol. The summed E-state index contributed by atoms with van der Waals surface area (Å²) >= 11 is 0. The van der Waals surface area contributed by atoms with Crippen molar-refractivity contribution < 1.29 is 19.1 Å². The Balaban J connectivity index is 2.65. The molecule has 19 heavy (non-hydrogen) atoms. The molecule has 0 N–H and O–H groups in total. The van der Waals surface area contributed by atoms with Crippen LogP contribution >= 0.6 is 0 Å². The molecule has 0 amide bonds. The summed E-state index contributed by atoms with van der Waals surface area (Å²) in [7, 11) is 2.69. The summed E-state index contributed by atoms with van der Waals surface area (Å²) in [5, 5.41) is 0. The zero-order chi connectivity index (χ0) is 14.3. The van der Waals surface area contributed by atoms with Crippen LogP contribution in [0.2, 0.25) is 0 Å². The summed E-state index contributed by atoms with van der Waals surface area (Å²) in [5.41, 5.74) is 1.18. The first-order valence-electron chi connectivity index (χ1n) is 5.93. The normalized spacial score (nSPS) is 10.3. The van der Waals surface area contributed by atoms with E-state index >= 15 is 0 Å². The number of hydrogen-bond acceptors (Lipinski definition) is 6. The average molecular weight is 266 g/mol. The summed E-state index contributed by atoms with van der Waals surface area (Å²) in [6, 6.07) is 3.40. The smallest absolute Gasteiger partial charge is 0.339 e. The molecule has 1 rings (SSSR count). The molecule has 0 aliphatic rings. The van der Waals surface area contributed by atoms with Gasteiger partial charge in [0.05, 0.1) is 32.0 Å². The van der Waals surface area contributed by atoms with Crippen molar-refractivity contribution in [3.8, 4) is 0 Å². The van der Waals surface area contributed by atoms with Crippen LogP contribution in [0.5, 0.6) is 0 Å². The van der Waals surface area contributed by atoms with E-state index in [0.717, 1.165) is 5.69 Å². The molecule has 1 heterocycles. The van der Waals surface area contributed by atoms with Gasteiger partial charge in [-0.25, -0.2) is 4.79 Å². The lowest BCUT2D eigenvalue weighted by molar-refractivity contribution is -0.142. The molecule has 0 aliphatic heterocycles. The van der Waals surface area contributed by atoms with Gasteiger partial charge in [-0.2, -0.15) is 0 Å². The molecule has 1 aromatic heterocycles. The van der Waals surface area contributed by atoms with Crippen molar-refractivity contribution in [2.24, 2.45) is 0 Å². The van der Waals surface area contributed by atoms with Gasteiger partial charge in [0.25, 0.3) is 0 Å². The Bertz CT molecular complexity index is 431. The molecule has 0 atom stereocenters. The van der Waals surface area contributed by atoms with Crippen molar-refractivity contribution in [1.82, 2.24) is 9.88 Å². The number of likely N-dealkylation sites (N-methyl/N-ethyl adjacent to an activating group) is 1. The summed E-state index contributed by atoms with van der Waals surface area (Å²) in [5.74, 6) is -0.700. The van der Waals surface area contributed by atoms with Gasteiger partial charge in [-0.3, -0.25) is 14.7 Å². The third-order valence-electron chi connectivity index (χ3n) is 2.66. The second kappa shape index (κ2) is 7.48. The standard InChI is InChI=1S/C13H18N2O4/c1-4-15(9-12(16)18-2)8-11-6-5-10(7-14-11)13(17)19-3/h5-7H,4,8-9H2,1-3H3. The lowest BCUT2D eigenvalue weighted by Crippen LogP contribution is -2.30. The number of methoxy groups -OCH3 is 2. The van der Waals surface area contributed by atoms with E-state index in [4.69, 9.17) is 0 Å². The van der Waals surface area contributed by atoms with Gasteiger partial charge in [-0.1, -0.05) is 6.92 Å². The van der Waals surface area contributed by atoms with E-state index in [9.17, 15) is 9.59 Å². The highest BCUT2D eigenvalue weighted by molar-refractivity contribution is 5.88. The van der Waals surface area contributed by atoms with Gasteiger partial charge >= 0.3 is 11.9 Å². The minimum atomic E-state index is -0.416. The molecule has 0 radical (unpaired) electrons. The fourth-order valence-corrected chi connectivity index (χ4v) is 1.51. The van der Waals surface area contributed by atoms with Gasteiger partial charge in [0.2, 0.25) is 0 Å². The highest BCUT2D eigenvalue weighted by atomic mass is 16.5. The topological polar surface area (TPSA) is 68.7 Å². The van der Waals surface area contributed by atoms with Crippen molar-refractivity contribution in [2.45, 2.75) is 13.5 Å². The SMILES string of the molecule is CCN(CC(=O)OC)Cc1ccc(C(=O)OC)cn1. The van der Waals surface area contributed by atoms with Crippen LogP contribution in [0, 0.1) is 0 Å². The number of aromatic nitrogens is 1. The predicted octanol–water partition coefficient (Wildman–Crippen LogP) is 0.863. The van der Waals surface area contributed by atoms with Crippen molar-refractivity contribution in [3.63, 3.8) is 0 Å². The molecule has 0 unspecified atom stereocenters. The van der Waals surface area contributed by atoms with E-state index in [0.29, 0.717) is 18.7 Å². The Morgan fingerprint density at radius 2 is 2.00 bits per heavy atom. The van der Waals surface area contributed by atoms with Crippen molar-refractivity contribution in [3.05, 3.63) is 29.6 Å². The van der Waals surface area contributed by atoms with Crippen molar-refractivity contribution in [2.75, 3.05) is 27.3 Å². The van der Waals surface area contributed by atoms with Crippen molar-refractivity contribution in [1.29, 1.82) is 0 Å². The highest BCUT2D eigenvalue weighted by Gasteiger charge is 2.11. The maximum Gasteiger partial charge on any atom is 0.339 e. The summed E-state index contributed by atoms with van der Waals surface area (Å²) in [4.78, 5) is 28.5. The number of rotatable bonds is 6. The van der Waals surface area contributed by atoms with E-state index in [1.165, 1.54) is 20.4 Å². The number of esters is 2. The molecule has 0 aromatic carbocycles. The van der Waals surface area contributed by atoms with E-state index in [2.05, 4.69) is 14.5 Å². The van der Waals surface area contributed by atoms with E-state index in [-0.39, 0.29) is 12.5 Å². The molecule has 0 spiro atoms. The van der Waals surface area contributed by atoms with E-state index in [1.807, 2.05) is 11.8 Å². The lowest BCUT2D eigenvalue weighted by Gasteiger charge is -2.18. The molecular weight excluding hydrogens is 248 g/mol. The summed E-state index contributed by atoms with van der Waals surface area (Å²) in [6.45, 7) is 3.39. The first-order chi connectivity index (χ1) is 9.10. The van der Waals surface area contributed by atoms with Gasteiger partial charge in [-0.15, -0.1) is 0 Å². The van der Waals surface area contributed by atoms with Gasteiger partial charge in [0.15, 0.2) is 0 Å². The third-order valence-corrected chi connectivity index (χ3v) is 2.66. The van der Waals surface area contributed by atoms with Crippen molar-refractivity contribution >= 4 is 11.9 Å². The molecule has 0 fully saturated rings. The van der Waals surface area contributed by atoms with Crippen LogP contribution < -0.4 is 0 Å². The van der Waals surface area contributed by atoms with Crippen LogP contribution in [-0.4, -0.2) is 49.1 Å². The number of nitrogens with zero attached hydrogens (tertiary/aromatic N) is 2. The van der Waals surface area contributed by atoms with E-state index in [1.54, 1.807) is 12.1 Å². The number of carbonyl (C=O) groups excluding carboxylic acids is 2. The zero-order valence-electron chi connectivity index (χ0n) is 11.4. The zero-order valence-corrected chi connectivity index (χ0v) is 11.4. The van der Waals surface area contributed by atoms with Gasteiger partial charge in [0.1, 0.15) is 0 Å². The van der Waals surface area contributed by atoms with E-state index < -0.39 is 5.97 Å². The summed E-state index contributed by atoms with van der Waals surface area (Å²) in [6.07, 6.45) is 1.47. The molecule has 0 saturated carbocycles. The second-order valence-electron chi connectivity index (χ2n) is 3.91. The van der Waals surface area contributed by atoms with Gasteiger partial charge < -0.3 is 9.47 Å². The first kappa shape index (κ1) is 15.1. The molecule has 1 aromatic rings. The number of ether oxygens (including phenoxy) is 2. The Labute approximate surface area is 112 Å². The van der Waals surface area contributed by atoms with Gasteiger partial charge in [-0.05, 0) is 18.7 Å². The fourth-order valence-electron chi connectivity index (χ4n) is 1.51. The minimum Gasteiger partial charge on any atom is -0.468 e. The number of carbonyl (C=O) groups is 2. The van der Waals surface area contributed by atoms with Crippen LogP contribution in [0.15, 0.2) is 18.3 Å². The largest absolute Gasteiger partial charge is 0.468 e. The number of pyridine rings is 1. The average Bonchev–Trinajstić information content (AvgIpc) is 2.46. The van der Waals surface area contributed by atoms with Crippen LogP contribution in [0.3, 0.4) is 0 Å². The molecule has 6 nitrogen and oxygen atoms in total. The molecule has 0 bridgehead atoms. The molecule has 0 aliphatic carbocycles. The maximum absolute atomic E-state index is 11.3. The first-order valence-corrected chi connectivity index (χ1v) is 5.93. The Morgan fingerprint density at radius 1 is 1.26 bits per heavy atom. The molecule has 0 saturated heterocycles.